The van der Waals surface area contributed by atoms with E-state index in [1.807, 2.05) is 6.92 Å². The minimum Gasteiger partial charge on any atom is -0.460 e. The van der Waals surface area contributed by atoms with Gasteiger partial charge in [0.2, 0.25) is 10.0 Å². The highest BCUT2D eigenvalue weighted by molar-refractivity contribution is 7.89. The third kappa shape index (κ3) is 5.24. The lowest BCUT2D eigenvalue weighted by atomic mass is 10.2. The standard InChI is InChI=1S/C12H15ClFNO5S/c1-2-3-19-4-5-20-12(16)9-6-8(13)7-10(11(9)14)21(15,17)18/h6-7H,2-5H2,1H3,(H2,15,17,18). The molecule has 1 rings (SSSR count). The maximum Gasteiger partial charge on any atom is 0.341 e. The molecule has 0 atom stereocenters. The Morgan fingerprint density at radius 2 is 2.00 bits per heavy atom. The molecule has 0 fully saturated rings. The molecular formula is C12H15ClFNO5S. The SMILES string of the molecule is CCCOCCOC(=O)c1cc(Cl)cc(S(N)(=O)=O)c1F. The van der Waals surface area contributed by atoms with Crippen molar-refractivity contribution in [2.24, 2.45) is 5.14 Å². The molecule has 118 valence electrons. The number of benzene rings is 1. The van der Waals surface area contributed by atoms with Crippen LogP contribution in [0, 0.1) is 5.82 Å². The second kappa shape index (κ2) is 7.69. The van der Waals surface area contributed by atoms with E-state index in [2.05, 4.69) is 0 Å². The molecule has 0 aliphatic rings. The van der Waals surface area contributed by atoms with Crippen LogP contribution in [0.3, 0.4) is 0 Å². The van der Waals surface area contributed by atoms with E-state index in [4.69, 9.17) is 26.2 Å². The van der Waals surface area contributed by atoms with Gasteiger partial charge in [-0.2, -0.15) is 0 Å². The number of carbonyl (C=O) groups is 1. The van der Waals surface area contributed by atoms with E-state index in [-0.39, 0.29) is 18.2 Å². The Balaban J connectivity index is 2.88. The fourth-order valence-electron chi connectivity index (χ4n) is 1.44. The Bertz CT molecular complexity index is 620. The number of ether oxygens (including phenoxy) is 2. The van der Waals surface area contributed by atoms with Crippen LogP contribution in [0.2, 0.25) is 5.02 Å². The number of rotatable bonds is 7. The summed E-state index contributed by atoms with van der Waals surface area (Å²) in [6, 6.07) is 1.80. The molecule has 6 nitrogen and oxygen atoms in total. The first kappa shape index (κ1) is 17.8. The van der Waals surface area contributed by atoms with Gasteiger partial charge in [-0.15, -0.1) is 0 Å². The predicted molar refractivity (Wildman–Crippen MR) is 74.2 cm³/mol. The fourth-order valence-corrected chi connectivity index (χ4v) is 2.37. The smallest absolute Gasteiger partial charge is 0.341 e. The minimum absolute atomic E-state index is 0.0878. The van der Waals surface area contributed by atoms with Crippen LogP contribution in [0.5, 0.6) is 0 Å². The zero-order valence-electron chi connectivity index (χ0n) is 11.3. The molecular weight excluding hydrogens is 325 g/mol. The van der Waals surface area contributed by atoms with Gasteiger partial charge in [0.15, 0.2) is 5.82 Å². The van der Waals surface area contributed by atoms with Crippen molar-refractivity contribution in [3.63, 3.8) is 0 Å². The van der Waals surface area contributed by atoms with Gasteiger partial charge in [0.05, 0.1) is 12.2 Å². The molecule has 0 aliphatic carbocycles. The summed E-state index contributed by atoms with van der Waals surface area (Å²) < 4.78 is 46.3. The highest BCUT2D eigenvalue weighted by Gasteiger charge is 2.23. The first-order valence-corrected chi connectivity index (χ1v) is 7.96. The van der Waals surface area contributed by atoms with Crippen LogP contribution in [-0.2, 0) is 19.5 Å². The van der Waals surface area contributed by atoms with Crippen LogP contribution >= 0.6 is 11.6 Å². The Morgan fingerprint density at radius 1 is 1.33 bits per heavy atom. The van der Waals surface area contributed by atoms with Crippen molar-refractivity contribution >= 4 is 27.6 Å². The molecule has 0 spiro atoms. The van der Waals surface area contributed by atoms with Gasteiger partial charge in [0.25, 0.3) is 0 Å². The zero-order chi connectivity index (χ0) is 16.0. The van der Waals surface area contributed by atoms with Gasteiger partial charge in [0.1, 0.15) is 11.5 Å². The van der Waals surface area contributed by atoms with E-state index in [1.165, 1.54) is 0 Å². The molecule has 0 heterocycles. The number of hydrogen-bond acceptors (Lipinski definition) is 5. The van der Waals surface area contributed by atoms with E-state index < -0.39 is 32.3 Å². The van der Waals surface area contributed by atoms with E-state index in [0.717, 1.165) is 18.6 Å². The van der Waals surface area contributed by atoms with Crippen LogP contribution < -0.4 is 5.14 Å². The summed E-state index contributed by atoms with van der Waals surface area (Å²) in [7, 11) is -4.34. The molecule has 1 aromatic carbocycles. The van der Waals surface area contributed by atoms with Crippen LogP contribution in [0.4, 0.5) is 4.39 Å². The van der Waals surface area contributed by atoms with Crippen molar-refractivity contribution in [1.29, 1.82) is 0 Å². The second-order valence-electron chi connectivity index (χ2n) is 4.06. The van der Waals surface area contributed by atoms with Crippen molar-refractivity contribution in [2.75, 3.05) is 19.8 Å². The predicted octanol–water partition coefficient (Wildman–Crippen LogP) is 1.71. The summed E-state index contributed by atoms with van der Waals surface area (Å²) in [6.07, 6.45) is 0.814. The maximum absolute atomic E-state index is 14.0. The summed E-state index contributed by atoms with van der Waals surface area (Å²) in [5.41, 5.74) is -0.595. The van der Waals surface area contributed by atoms with Crippen LogP contribution in [-0.4, -0.2) is 34.2 Å². The van der Waals surface area contributed by atoms with Crippen molar-refractivity contribution < 1.29 is 27.1 Å². The molecule has 1 aromatic rings. The number of hydrogen-bond donors (Lipinski definition) is 1. The average Bonchev–Trinajstić information content (AvgIpc) is 2.39. The first-order chi connectivity index (χ1) is 9.77. The third-order valence-corrected chi connectivity index (χ3v) is 3.47. The quantitative estimate of drug-likeness (QED) is 0.602. The normalized spacial score (nSPS) is 11.4. The van der Waals surface area contributed by atoms with Gasteiger partial charge in [0, 0.05) is 11.6 Å². The topological polar surface area (TPSA) is 95.7 Å². The number of esters is 1. The lowest BCUT2D eigenvalue weighted by Gasteiger charge is -2.09. The Kier molecular flexibility index (Phi) is 6.53. The number of nitrogens with two attached hydrogens (primary N) is 1. The van der Waals surface area contributed by atoms with E-state index in [0.29, 0.717) is 6.61 Å². The van der Waals surface area contributed by atoms with Crippen molar-refractivity contribution in [2.45, 2.75) is 18.2 Å². The monoisotopic (exact) mass is 339 g/mol. The van der Waals surface area contributed by atoms with Crippen molar-refractivity contribution in [3.8, 4) is 0 Å². The van der Waals surface area contributed by atoms with Gasteiger partial charge in [-0.1, -0.05) is 18.5 Å². The van der Waals surface area contributed by atoms with Crippen LogP contribution in [0.15, 0.2) is 17.0 Å². The third-order valence-electron chi connectivity index (χ3n) is 2.34. The summed E-state index contributed by atoms with van der Waals surface area (Å²) in [6.45, 7) is 2.50. The molecule has 0 aromatic heterocycles. The van der Waals surface area contributed by atoms with Gasteiger partial charge in [-0.25, -0.2) is 22.7 Å². The number of halogens is 2. The van der Waals surface area contributed by atoms with E-state index in [9.17, 15) is 17.6 Å². The molecule has 0 amide bonds. The molecule has 0 unspecified atom stereocenters. The number of primary sulfonamides is 1. The van der Waals surface area contributed by atoms with E-state index in [1.54, 1.807) is 0 Å². The largest absolute Gasteiger partial charge is 0.460 e. The summed E-state index contributed by atoms with van der Waals surface area (Å²) in [4.78, 5) is 10.9. The average molecular weight is 340 g/mol. The lowest BCUT2D eigenvalue weighted by Crippen LogP contribution is -2.18. The van der Waals surface area contributed by atoms with Gasteiger partial charge in [-0.05, 0) is 18.6 Å². The Morgan fingerprint density at radius 3 is 2.57 bits per heavy atom. The molecule has 0 saturated heterocycles. The van der Waals surface area contributed by atoms with E-state index >= 15 is 0 Å². The second-order valence-corrected chi connectivity index (χ2v) is 6.03. The summed E-state index contributed by atoms with van der Waals surface area (Å²) in [5, 5.41) is 4.71. The molecule has 0 radical (unpaired) electrons. The first-order valence-electron chi connectivity index (χ1n) is 6.04. The maximum atomic E-state index is 14.0. The minimum atomic E-state index is -4.34. The van der Waals surface area contributed by atoms with Crippen LogP contribution in [0.25, 0.3) is 0 Å². The summed E-state index contributed by atoms with van der Waals surface area (Å²) in [5.74, 6) is -2.33. The molecule has 0 saturated carbocycles. The highest BCUT2D eigenvalue weighted by atomic mass is 35.5. The van der Waals surface area contributed by atoms with Crippen molar-refractivity contribution in [3.05, 3.63) is 28.5 Å². The Hall–Kier alpha value is -1.22. The van der Waals surface area contributed by atoms with Gasteiger partial charge in [-0.3, -0.25) is 0 Å². The molecule has 0 bridgehead atoms. The zero-order valence-corrected chi connectivity index (χ0v) is 12.8. The number of carbonyl (C=O) groups excluding carboxylic acids is 1. The molecule has 0 aliphatic heterocycles. The summed E-state index contributed by atoms with van der Waals surface area (Å²) >= 11 is 5.66. The van der Waals surface area contributed by atoms with Gasteiger partial charge < -0.3 is 9.47 Å². The molecule has 21 heavy (non-hydrogen) atoms. The Labute approximate surface area is 127 Å². The fraction of sp³-hybridized carbons (Fsp3) is 0.417. The van der Waals surface area contributed by atoms with Crippen molar-refractivity contribution in [1.82, 2.24) is 0 Å². The number of sulfonamides is 1. The molecule has 9 heteroatoms. The van der Waals surface area contributed by atoms with Gasteiger partial charge >= 0.3 is 5.97 Å². The van der Waals surface area contributed by atoms with Crippen LogP contribution in [0.1, 0.15) is 23.7 Å². The lowest BCUT2D eigenvalue weighted by molar-refractivity contribution is 0.0313. The molecule has 2 N–H and O–H groups in total. The highest BCUT2D eigenvalue weighted by Crippen LogP contribution is 2.23.